The monoisotopic (exact) mass is 470 g/mol. The molecule has 0 aliphatic rings. The van der Waals surface area contributed by atoms with Crippen LogP contribution in [0.5, 0.6) is 0 Å². The van der Waals surface area contributed by atoms with E-state index in [0.717, 1.165) is 27.8 Å². The van der Waals surface area contributed by atoms with Gasteiger partial charge in [0.15, 0.2) is 15.0 Å². The van der Waals surface area contributed by atoms with Crippen molar-refractivity contribution in [2.24, 2.45) is 0 Å². The van der Waals surface area contributed by atoms with E-state index in [-0.39, 0.29) is 10.8 Å². The van der Waals surface area contributed by atoms with Gasteiger partial charge in [-0.15, -0.1) is 0 Å². The van der Waals surface area contributed by atoms with E-state index >= 15 is 0 Å². The summed E-state index contributed by atoms with van der Waals surface area (Å²) in [6.45, 7) is 3.19. The molecular weight excluding hydrogens is 448 g/mol. The van der Waals surface area contributed by atoms with Crippen molar-refractivity contribution < 1.29 is 23.1 Å². The summed E-state index contributed by atoms with van der Waals surface area (Å²) in [6.07, 6.45) is 3.19. The minimum absolute atomic E-state index is 0.218. The predicted molar refractivity (Wildman–Crippen MR) is 126 cm³/mol. The van der Waals surface area contributed by atoms with Crippen LogP contribution in [0.1, 0.15) is 25.8 Å². The highest BCUT2D eigenvalue weighted by atomic mass is 32.2. The van der Waals surface area contributed by atoms with Crippen molar-refractivity contribution in [3.05, 3.63) is 59.7 Å². The first-order valence-electron chi connectivity index (χ1n) is 9.71. The second-order valence-electron chi connectivity index (χ2n) is 7.12. The number of rotatable bonds is 7. The van der Waals surface area contributed by atoms with E-state index < -0.39 is 15.8 Å². The van der Waals surface area contributed by atoms with Gasteiger partial charge >= 0.3 is 5.97 Å². The van der Waals surface area contributed by atoms with Gasteiger partial charge in [-0.2, -0.15) is 0 Å². The second kappa shape index (κ2) is 9.46. The minimum atomic E-state index is -3.31. The van der Waals surface area contributed by atoms with Gasteiger partial charge in [0.2, 0.25) is 5.91 Å². The van der Waals surface area contributed by atoms with E-state index in [9.17, 15) is 23.1 Å². The molecule has 0 saturated carbocycles. The lowest BCUT2D eigenvalue weighted by molar-refractivity contribution is -0.132. The van der Waals surface area contributed by atoms with Gasteiger partial charge in [0.1, 0.15) is 0 Å². The number of aromatic nitrogens is 1. The fourth-order valence-corrected chi connectivity index (χ4v) is 4.69. The molecule has 0 bridgehead atoms. The van der Waals surface area contributed by atoms with Gasteiger partial charge in [-0.25, -0.2) is 18.2 Å². The minimum Gasteiger partial charge on any atom is -0.478 e. The van der Waals surface area contributed by atoms with Crippen molar-refractivity contribution in [3.8, 4) is 21.7 Å². The Hall–Kier alpha value is -3.30. The SMILES string of the molecule is CCC(=Cc1ccc(-c2nc(NC(C)=O)sc2-c2ccc(S(C)(=O)=O)cc2)cc1)C(=O)O. The molecule has 0 aliphatic heterocycles. The average Bonchev–Trinajstić information content (AvgIpc) is 3.14. The Morgan fingerprint density at radius 3 is 2.16 bits per heavy atom. The van der Waals surface area contributed by atoms with Gasteiger partial charge < -0.3 is 10.4 Å². The quantitative estimate of drug-likeness (QED) is 0.483. The summed E-state index contributed by atoms with van der Waals surface area (Å²) in [5, 5.41) is 12.3. The molecule has 166 valence electrons. The van der Waals surface area contributed by atoms with Crippen LogP contribution in [0.2, 0.25) is 0 Å². The highest BCUT2D eigenvalue weighted by molar-refractivity contribution is 7.90. The molecule has 0 fully saturated rings. The van der Waals surface area contributed by atoms with Gasteiger partial charge in [-0.05, 0) is 35.8 Å². The van der Waals surface area contributed by atoms with Crippen LogP contribution in [-0.2, 0) is 19.4 Å². The highest BCUT2D eigenvalue weighted by Crippen LogP contribution is 2.39. The summed E-state index contributed by atoms with van der Waals surface area (Å²) in [6, 6.07) is 13.8. The van der Waals surface area contributed by atoms with Gasteiger partial charge in [0.25, 0.3) is 0 Å². The van der Waals surface area contributed by atoms with Gasteiger partial charge in [0, 0.05) is 24.3 Å². The van der Waals surface area contributed by atoms with Crippen LogP contribution in [-0.4, -0.2) is 36.6 Å². The second-order valence-corrected chi connectivity index (χ2v) is 10.1. The number of nitrogens with zero attached hydrogens (tertiary/aromatic N) is 1. The molecule has 3 rings (SSSR count). The van der Waals surface area contributed by atoms with Gasteiger partial charge in [-0.3, -0.25) is 4.79 Å². The zero-order valence-corrected chi connectivity index (χ0v) is 19.4. The number of hydrogen-bond donors (Lipinski definition) is 2. The van der Waals surface area contributed by atoms with Crippen molar-refractivity contribution in [1.82, 2.24) is 4.98 Å². The normalized spacial score (nSPS) is 11.9. The van der Waals surface area contributed by atoms with Crippen LogP contribution in [0.15, 0.2) is 59.0 Å². The summed E-state index contributed by atoms with van der Waals surface area (Å²) >= 11 is 1.29. The number of carboxylic acids is 1. The van der Waals surface area contributed by atoms with Crippen molar-refractivity contribution in [1.29, 1.82) is 0 Å². The molecule has 2 N–H and O–H groups in total. The number of anilines is 1. The number of thiazole rings is 1. The summed E-state index contributed by atoms with van der Waals surface area (Å²) < 4.78 is 23.5. The van der Waals surface area contributed by atoms with E-state index in [0.29, 0.717) is 22.8 Å². The summed E-state index contributed by atoms with van der Waals surface area (Å²) in [4.78, 5) is 28.3. The molecule has 1 heterocycles. The first-order valence-corrected chi connectivity index (χ1v) is 12.4. The number of sulfone groups is 1. The first kappa shape index (κ1) is 23.4. The Morgan fingerprint density at radius 2 is 1.66 bits per heavy atom. The van der Waals surface area contributed by atoms with Crippen LogP contribution in [0, 0.1) is 0 Å². The molecule has 0 radical (unpaired) electrons. The summed E-state index contributed by atoms with van der Waals surface area (Å²) in [5.74, 6) is -1.19. The Balaban J connectivity index is 2.05. The largest absolute Gasteiger partial charge is 0.478 e. The van der Waals surface area contributed by atoms with E-state index in [2.05, 4.69) is 10.3 Å². The lowest BCUT2D eigenvalue weighted by Gasteiger charge is -2.05. The molecule has 0 aliphatic carbocycles. The molecule has 32 heavy (non-hydrogen) atoms. The summed E-state index contributed by atoms with van der Waals surface area (Å²) in [5.41, 5.74) is 3.25. The molecular formula is C23H22N2O5S2. The molecule has 0 saturated heterocycles. The number of benzene rings is 2. The fourth-order valence-electron chi connectivity index (χ4n) is 3.02. The van der Waals surface area contributed by atoms with Crippen molar-refractivity contribution in [3.63, 3.8) is 0 Å². The third kappa shape index (κ3) is 5.49. The molecule has 7 nitrogen and oxygen atoms in total. The molecule has 1 amide bonds. The van der Waals surface area contributed by atoms with Crippen LogP contribution in [0.25, 0.3) is 27.8 Å². The average molecular weight is 471 g/mol. The maximum atomic E-state index is 11.8. The van der Waals surface area contributed by atoms with Crippen LogP contribution in [0.3, 0.4) is 0 Å². The van der Waals surface area contributed by atoms with Crippen molar-refractivity contribution in [2.45, 2.75) is 25.2 Å². The molecule has 0 unspecified atom stereocenters. The zero-order valence-electron chi connectivity index (χ0n) is 17.7. The summed E-state index contributed by atoms with van der Waals surface area (Å²) in [7, 11) is -3.31. The maximum Gasteiger partial charge on any atom is 0.331 e. The van der Waals surface area contributed by atoms with Crippen LogP contribution >= 0.6 is 11.3 Å². The standard InChI is InChI=1S/C23H22N2O5S2/c1-4-16(22(27)28)13-15-5-7-17(8-6-15)20-21(31-23(25-20)24-14(2)26)18-9-11-19(12-10-18)32(3,29)30/h5-13H,4H2,1-3H3,(H,27,28)(H,24,25,26). The lowest BCUT2D eigenvalue weighted by Crippen LogP contribution is -2.04. The Bertz CT molecular complexity index is 1290. The topological polar surface area (TPSA) is 113 Å². The zero-order chi connectivity index (χ0) is 23.5. The van der Waals surface area contributed by atoms with Crippen molar-refractivity contribution >= 4 is 44.3 Å². The third-order valence-corrected chi connectivity index (χ3v) is 6.78. The first-order chi connectivity index (χ1) is 15.1. The number of amides is 1. The van der Waals surface area contributed by atoms with Gasteiger partial charge in [-0.1, -0.05) is 54.7 Å². The molecule has 1 aromatic heterocycles. The molecule has 2 aromatic carbocycles. The molecule has 0 spiro atoms. The van der Waals surface area contributed by atoms with E-state index in [4.69, 9.17) is 0 Å². The smallest absolute Gasteiger partial charge is 0.331 e. The number of hydrogen-bond acceptors (Lipinski definition) is 6. The number of carbonyl (C=O) groups is 2. The lowest BCUT2D eigenvalue weighted by atomic mass is 10.0. The number of aliphatic carboxylic acids is 1. The maximum absolute atomic E-state index is 11.8. The molecule has 0 atom stereocenters. The molecule has 3 aromatic rings. The Kier molecular flexibility index (Phi) is 6.90. The Labute approximate surface area is 190 Å². The highest BCUT2D eigenvalue weighted by Gasteiger charge is 2.17. The van der Waals surface area contributed by atoms with Gasteiger partial charge in [0.05, 0.1) is 15.5 Å². The van der Waals surface area contributed by atoms with Crippen LogP contribution in [0.4, 0.5) is 5.13 Å². The predicted octanol–water partition coefficient (Wildman–Crippen LogP) is 4.72. The number of carbonyl (C=O) groups excluding carboxylic acids is 1. The fraction of sp³-hybridized carbons (Fsp3) is 0.174. The van der Waals surface area contributed by atoms with E-state index in [1.165, 1.54) is 30.4 Å². The Morgan fingerprint density at radius 1 is 1.06 bits per heavy atom. The third-order valence-electron chi connectivity index (χ3n) is 4.64. The number of nitrogens with one attached hydrogen (secondary N) is 1. The molecule has 9 heteroatoms. The number of carboxylic acid groups (broad SMARTS) is 1. The van der Waals surface area contributed by atoms with E-state index in [1.807, 2.05) is 24.3 Å². The van der Waals surface area contributed by atoms with Crippen LogP contribution < -0.4 is 5.32 Å². The van der Waals surface area contributed by atoms with Crippen molar-refractivity contribution in [2.75, 3.05) is 11.6 Å². The van der Waals surface area contributed by atoms with E-state index in [1.54, 1.807) is 25.1 Å².